The summed E-state index contributed by atoms with van der Waals surface area (Å²) in [6, 6.07) is 9.96. The van der Waals surface area contributed by atoms with Crippen LogP contribution in [0, 0.1) is 35.0 Å². The van der Waals surface area contributed by atoms with Gasteiger partial charge in [0.05, 0.1) is 0 Å². The van der Waals surface area contributed by atoms with E-state index in [0.29, 0.717) is 25.3 Å². The molecule has 1 fully saturated rings. The highest BCUT2D eigenvalue weighted by Crippen LogP contribution is 2.36. The molecule has 2 aromatic carbocycles. The van der Waals surface area contributed by atoms with Crippen LogP contribution in [0.15, 0.2) is 47.3 Å². The van der Waals surface area contributed by atoms with Crippen LogP contribution in [0.25, 0.3) is 0 Å². The van der Waals surface area contributed by atoms with Gasteiger partial charge in [0.1, 0.15) is 5.75 Å². The van der Waals surface area contributed by atoms with Crippen molar-refractivity contribution in [2.45, 2.75) is 18.9 Å². The number of rotatable bonds is 3. The van der Waals surface area contributed by atoms with Crippen LogP contribution in [0.1, 0.15) is 18.0 Å². The summed E-state index contributed by atoms with van der Waals surface area (Å²) >= 11 is 0. The van der Waals surface area contributed by atoms with Gasteiger partial charge in [-0.25, -0.2) is 18.0 Å². The van der Waals surface area contributed by atoms with Crippen LogP contribution in [0.4, 0.5) is 32.4 Å². The van der Waals surface area contributed by atoms with Crippen molar-refractivity contribution >= 4 is 11.7 Å². The number of nitrogens with one attached hydrogen (secondary N) is 1. The van der Waals surface area contributed by atoms with E-state index in [-0.39, 0.29) is 29.2 Å². The maximum Gasteiger partial charge on any atom is 0.321 e. The number of pyridine rings is 1. The number of halogens is 5. The molecular formula is C24H18F5N3O3. The van der Waals surface area contributed by atoms with Crippen molar-refractivity contribution in [3.63, 3.8) is 0 Å². The highest BCUT2D eigenvalue weighted by molar-refractivity contribution is 5.89. The average Bonchev–Trinajstić information content (AvgIpc) is 2.86. The zero-order valence-electron chi connectivity index (χ0n) is 18.0. The van der Waals surface area contributed by atoms with Gasteiger partial charge in [-0.3, -0.25) is 4.79 Å². The van der Waals surface area contributed by atoms with E-state index in [1.54, 1.807) is 15.5 Å². The molecule has 2 aliphatic heterocycles. The summed E-state index contributed by atoms with van der Waals surface area (Å²) in [6.07, 6.45) is 0.886. The zero-order chi connectivity index (χ0) is 24.9. The number of hydrogen-bond donors (Lipinski definition) is 1. The number of carbonyl (C=O) groups is 1. The molecule has 11 heteroatoms. The fourth-order valence-corrected chi connectivity index (χ4v) is 4.66. The molecule has 2 amide bonds. The van der Waals surface area contributed by atoms with Gasteiger partial charge in [0, 0.05) is 43.0 Å². The standard InChI is InChI=1S/C24H18F5N3O3/c25-18-19(26)21(28)23(22(29)20(18)27)35-15-6-4-14(5-7-15)30-24(34)31-9-12-8-13(11-31)16-2-1-3-17(33)32(16)10-12/h1-7,12-13H,8-11H2,(H,30,34). The topological polar surface area (TPSA) is 63.6 Å². The maximum atomic E-state index is 13.8. The summed E-state index contributed by atoms with van der Waals surface area (Å²) in [6.45, 7) is 1.46. The molecular weight excluding hydrogens is 473 g/mol. The molecule has 0 aliphatic carbocycles. The van der Waals surface area contributed by atoms with E-state index in [9.17, 15) is 31.5 Å². The second kappa shape index (κ2) is 8.71. The number of benzene rings is 2. The molecule has 2 atom stereocenters. The molecule has 2 aliphatic rings. The van der Waals surface area contributed by atoms with Crippen LogP contribution >= 0.6 is 0 Å². The number of aromatic nitrogens is 1. The van der Waals surface area contributed by atoms with E-state index >= 15 is 0 Å². The summed E-state index contributed by atoms with van der Waals surface area (Å²) in [4.78, 5) is 26.7. The molecule has 2 bridgehead atoms. The first-order valence-electron chi connectivity index (χ1n) is 10.8. The molecule has 6 nitrogen and oxygen atoms in total. The van der Waals surface area contributed by atoms with Gasteiger partial charge in [0.15, 0.2) is 0 Å². The van der Waals surface area contributed by atoms with Crippen molar-refractivity contribution < 1.29 is 31.5 Å². The van der Waals surface area contributed by atoms with Gasteiger partial charge >= 0.3 is 6.03 Å². The van der Waals surface area contributed by atoms with Gasteiger partial charge in [0.25, 0.3) is 5.56 Å². The first-order valence-corrected chi connectivity index (χ1v) is 10.8. The average molecular weight is 491 g/mol. The van der Waals surface area contributed by atoms with Crippen LogP contribution in [-0.4, -0.2) is 28.6 Å². The third-order valence-corrected chi connectivity index (χ3v) is 6.26. The van der Waals surface area contributed by atoms with E-state index in [4.69, 9.17) is 4.74 Å². The maximum absolute atomic E-state index is 13.8. The van der Waals surface area contributed by atoms with Crippen molar-refractivity contribution in [3.05, 3.63) is 87.6 Å². The number of likely N-dealkylation sites (tertiary alicyclic amines) is 1. The van der Waals surface area contributed by atoms with Crippen LogP contribution < -0.4 is 15.6 Å². The molecule has 1 aromatic heterocycles. The Labute approximate surface area is 195 Å². The fourth-order valence-electron chi connectivity index (χ4n) is 4.66. The summed E-state index contributed by atoms with van der Waals surface area (Å²) in [5, 5.41) is 2.72. The minimum absolute atomic E-state index is 0.0409. The van der Waals surface area contributed by atoms with Crippen molar-refractivity contribution in [2.75, 3.05) is 18.4 Å². The van der Waals surface area contributed by atoms with E-state index in [1.165, 1.54) is 30.3 Å². The molecule has 182 valence electrons. The molecule has 35 heavy (non-hydrogen) atoms. The fraction of sp³-hybridized carbons (Fsp3) is 0.250. The molecule has 0 saturated carbocycles. The number of ether oxygens (including phenoxy) is 1. The molecule has 5 rings (SSSR count). The lowest BCUT2D eigenvalue weighted by molar-refractivity contribution is 0.139. The van der Waals surface area contributed by atoms with Crippen molar-refractivity contribution in [1.29, 1.82) is 0 Å². The van der Waals surface area contributed by atoms with Crippen LogP contribution in [0.2, 0.25) is 0 Å². The molecule has 2 unspecified atom stereocenters. The Balaban J connectivity index is 1.27. The van der Waals surface area contributed by atoms with Crippen LogP contribution in [-0.2, 0) is 6.54 Å². The van der Waals surface area contributed by atoms with E-state index in [0.717, 1.165) is 12.1 Å². The second-order valence-electron chi connectivity index (χ2n) is 8.56. The summed E-state index contributed by atoms with van der Waals surface area (Å²) in [5.74, 6) is -12.1. The molecule has 0 radical (unpaired) electrons. The number of urea groups is 1. The monoisotopic (exact) mass is 491 g/mol. The highest BCUT2D eigenvalue weighted by Gasteiger charge is 2.36. The van der Waals surface area contributed by atoms with E-state index in [1.807, 2.05) is 6.07 Å². The van der Waals surface area contributed by atoms with Crippen LogP contribution in [0.5, 0.6) is 11.5 Å². The number of hydrogen-bond acceptors (Lipinski definition) is 3. The van der Waals surface area contributed by atoms with Gasteiger partial charge in [-0.05, 0) is 42.7 Å². The number of carbonyl (C=O) groups excluding carboxylic acids is 1. The predicted molar refractivity (Wildman–Crippen MR) is 115 cm³/mol. The molecule has 0 spiro atoms. The lowest BCUT2D eigenvalue weighted by Crippen LogP contribution is -2.50. The number of nitrogens with zero attached hydrogens (tertiary/aromatic N) is 2. The Morgan fingerprint density at radius 2 is 1.51 bits per heavy atom. The molecule has 1 saturated heterocycles. The number of piperidine rings is 1. The number of fused-ring (bicyclic) bond motifs is 4. The predicted octanol–water partition coefficient (Wildman–Crippen LogP) is 4.99. The number of anilines is 1. The van der Waals surface area contributed by atoms with E-state index < -0.39 is 34.8 Å². The summed E-state index contributed by atoms with van der Waals surface area (Å²) in [7, 11) is 0. The third kappa shape index (κ3) is 4.11. The first kappa shape index (κ1) is 22.9. The Morgan fingerprint density at radius 1 is 0.857 bits per heavy atom. The quantitative estimate of drug-likeness (QED) is 0.319. The summed E-state index contributed by atoms with van der Waals surface area (Å²) < 4.78 is 74.2. The minimum atomic E-state index is -2.28. The smallest absolute Gasteiger partial charge is 0.321 e. The minimum Gasteiger partial charge on any atom is -0.451 e. The SMILES string of the molecule is O=C(Nc1ccc(Oc2c(F)c(F)c(F)c(F)c2F)cc1)N1CC2CC(C1)c1cccc(=O)n1C2. The van der Waals surface area contributed by atoms with Gasteiger partial charge in [-0.15, -0.1) is 0 Å². The van der Waals surface area contributed by atoms with Crippen molar-refractivity contribution in [3.8, 4) is 11.5 Å². The lowest BCUT2D eigenvalue weighted by Gasteiger charge is -2.42. The van der Waals surface area contributed by atoms with E-state index in [2.05, 4.69) is 5.32 Å². The molecule has 3 heterocycles. The van der Waals surface area contributed by atoms with Crippen molar-refractivity contribution in [2.24, 2.45) is 5.92 Å². The molecule has 1 N–H and O–H groups in total. The largest absolute Gasteiger partial charge is 0.451 e. The Hall–Kier alpha value is -3.89. The zero-order valence-corrected chi connectivity index (χ0v) is 18.0. The Morgan fingerprint density at radius 3 is 2.20 bits per heavy atom. The lowest BCUT2D eigenvalue weighted by atomic mass is 9.83. The normalized spacial score (nSPS) is 18.7. The van der Waals surface area contributed by atoms with Gasteiger partial charge in [0.2, 0.25) is 34.8 Å². The summed E-state index contributed by atoms with van der Waals surface area (Å²) in [5.41, 5.74) is 1.19. The second-order valence-corrected chi connectivity index (χ2v) is 8.56. The Bertz CT molecular complexity index is 1350. The highest BCUT2D eigenvalue weighted by atomic mass is 19.2. The Kier molecular flexibility index (Phi) is 5.70. The first-order chi connectivity index (χ1) is 16.7. The molecule has 3 aromatic rings. The van der Waals surface area contributed by atoms with Crippen LogP contribution in [0.3, 0.4) is 0 Å². The third-order valence-electron chi connectivity index (χ3n) is 6.26. The van der Waals surface area contributed by atoms with Gasteiger partial charge in [-0.1, -0.05) is 6.07 Å². The number of amides is 2. The van der Waals surface area contributed by atoms with Crippen molar-refractivity contribution in [1.82, 2.24) is 9.47 Å². The van der Waals surface area contributed by atoms with Gasteiger partial charge in [-0.2, -0.15) is 8.78 Å². The van der Waals surface area contributed by atoms with Gasteiger partial charge < -0.3 is 19.5 Å².